The van der Waals surface area contributed by atoms with Gasteiger partial charge in [-0.25, -0.2) is 0 Å². The van der Waals surface area contributed by atoms with E-state index in [1.807, 2.05) is 12.1 Å². The van der Waals surface area contributed by atoms with Crippen molar-refractivity contribution in [3.8, 4) is 16.8 Å². The standard InChI is InChI=1S/C43H30N2O/c1-43-24-10-9-17-42(43)45(30-11-3-2-4-12-30)39-22-19-29(26-36(39)43)28-18-21-38-34(25-28)32-13-5-7-15-37(32)44(38)31-20-23-41-35(27-31)33-14-6-8-16-40(33)46-41/h2-27,42H,1H3. The molecule has 3 nitrogen and oxygen atoms in total. The molecule has 218 valence electrons. The van der Waals surface area contributed by atoms with Crippen LogP contribution in [-0.2, 0) is 5.41 Å². The van der Waals surface area contributed by atoms with Crippen LogP contribution in [-0.4, -0.2) is 10.6 Å². The quantitative estimate of drug-likeness (QED) is 0.204. The Hall–Kier alpha value is -5.80. The molecule has 3 heterocycles. The van der Waals surface area contributed by atoms with Crippen LogP contribution in [0, 0.1) is 0 Å². The Morgan fingerprint density at radius 3 is 2.22 bits per heavy atom. The number of hydrogen-bond donors (Lipinski definition) is 0. The van der Waals surface area contributed by atoms with E-state index in [9.17, 15) is 0 Å². The predicted octanol–water partition coefficient (Wildman–Crippen LogP) is 11.3. The van der Waals surface area contributed by atoms with Crippen LogP contribution in [0.15, 0.2) is 162 Å². The summed E-state index contributed by atoms with van der Waals surface area (Å²) >= 11 is 0. The van der Waals surface area contributed by atoms with E-state index >= 15 is 0 Å². The summed E-state index contributed by atoms with van der Waals surface area (Å²) in [6.45, 7) is 2.38. The minimum Gasteiger partial charge on any atom is -0.456 e. The molecule has 0 N–H and O–H groups in total. The van der Waals surface area contributed by atoms with Gasteiger partial charge in [-0.05, 0) is 90.3 Å². The van der Waals surface area contributed by atoms with E-state index in [0.717, 1.165) is 27.6 Å². The molecule has 0 saturated carbocycles. The lowest BCUT2D eigenvalue weighted by atomic mass is 9.75. The van der Waals surface area contributed by atoms with Crippen molar-refractivity contribution in [3.05, 3.63) is 163 Å². The van der Waals surface area contributed by atoms with Crippen molar-refractivity contribution in [1.29, 1.82) is 0 Å². The second-order valence-electron chi connectivity index (χ2n) is 12.8. The minimum atomic E-state index is -0.119. The number of furan rings is 1. The number of fused-ring (bicyclic) bond motifs is 9. The number of para-hydroxylation sites is 3. The van der Waals surface area contributed by atoms with Crippen molar-refractivity contribution in [2.45, 2.75) is 18.4 Å². The second kappa shape index (κ2) is 9.35. The van der Waals surface area contributed by atoms with Gasteiger partial charge in [0, 0.05) is 44.0 Å². The fourth-order valence-corrected chi connectivity index (χ4v) is 8.01. The largest absolute Gasteiger partial charge is 0.456 e. The summed E-state index contributed by atoms with van der Waals surface area (Å²) in [4.78, 5) is 2.50. The topological polar surface area (TPSA) is 21.3 Å². The number of rotatable bonds is 3. The van der Waals surface area contributed by atoms with Crippen LogP contribution in [0.4, 0.5) is 11.4 Å². The van der Waals surface area contributed by atoms with E-state index < -0.39 is 0 Å². The Kier molecular flexibility index (Phi) is 5.19. The smallest absolute Gasteiger partial charge is 0.135 e. The number of anilines is 2. The molecule has 46 heavy (non-hydrogen) atoms. The first-order valence-corrected chi connectivity index (χ1v) is 16.0. The van der Waals surface area contributed by atoms with Gasteiger partial charge in [0.25, 0.3) is 0 Å². The van der Waals surface area contributed by atoms with E-state index in [1.54, 1.807) is 0 Å². The Bertz CT molecular complexity index is 2570. The van der Waals surface area contributed by atoms with Crippen molar-refractivity contribution < 1.29 is 4.42 Å². The third kappa shape index (κ3) is 3.48. The first-order valence-electron chi connectivity index (χ1n) is 16.0. The molecule has 2 unspecified atom stereocenters. The van der Waals surface area contributed by atoms with Gasteiger partial charge in [-0.3, -0.25) is 0 Å². The lowest BCUT2D eigenvalue weighted by Crippen LogP contribution is -2.39. The minimum absolute atomic E-state index is 0.119. The van der Waals surface area contributed by atoms with Gasteiger partial charge in [0.05, 0.1) is 17.1 Å². The van der Waals surface area contributed by atoms with Gasteiger partial charge in [-0.15, -0.1) is 0 Å². The molecule has 3 heteroatoms. The SMILES string of the molecule is CC12C=CC=CC1N(c1ccccc1)c1ccc(-c3ccc4c(c3)c3ccccc3n4-c3ccc4oc5ccccc5c4c3)cc12. The highest BCUT2D eigenvalue weighted by Crippen LogP contribution is 2.52. The summed E-state index contributed by atoms with van der Waals surface area (Å²) in [5.41, 5.74) is 11.6. The molecule has 2 aromatic heterocycles. The van der Waals surface area contributed by atoms with Crippen molar-refractivity contribution in [1.82, 2.24) is 4.57 Å². The van der Waals surface area contributed by atoms with Crippen LogP contribution in [0.3, 0.4) is 0 Å². The molecule has 1 aliphatic heterocycles. The maximum absolute atomic E-state index is 6.15. The summed E-state index contributed by atoms with van der Waals surface area (Å²) in [5, 5.41) is 4.78. The highest BCUT2D eigenvalue weighted by Gasteiger charge is 2.46. The second-order valence-corrected chi connectivity index (χ2v) is 12.8. The van der Waals surface area contributed by atoms with Crippen molar-refractivity contribution >= 4 is 55.1 Å². The zero-order valence-corrected chi connectivity index (χ0v) is 25.4. The molecule has 0 radical (unpaired) electrons. The number of allylic oxidation sites excluding steroid dienone is 2. The maximum atomic E-state index is 6.15. The number of nitrogens with zero attached hydrogens (tertiary/aromatic N) is 2. The Balaban J connectivity index is 1.14. The first kappa shape index (κ1) is 25.5. The van der Waals surface area contributed by atoms with Gasteiger partial charge in [-0.1, -0.05) is 91.0 Å². The third-order valence-electron chi connectivity index (χ3n) is 10.2. The van der Waals surface area contributed by atoms with Gasteiger partial charge in [-0.2, -0.15) is 0 Å². The highest BCUT2D eigenvalue weighted by molar-refractivity contribution is 6.11. The molecule has 6 aromatic carbocycles. The molecule has 2 atom stereocenters. The monoisotopic (exact) mass is 590 g/mol. The summed E-state index contributed by atoms with van der Waals surface area (Å²) in [6, 6.07) is 48.6. The summed E-state index contributed by atoms with van der Waals surface area (Å²) < 4.78 is 8.54. The van der Waals surface area contributed by atoms with Gasteiger partial charge in [0.15, 0.2) is 0 Å². The van der Waals surface area contributed by atoms with Crippen LogP contribution in [0.1, 0.15) is 12.5 Å². The van der Waals surface area contributed by atoms with E-state index in [2.05, 4.69) is 162 Å². The van der Waals surface area contributed by atoms with Crippen LogP contribution in [0.2, 0.25) is 0 Å². The van der Waals surface area contributed by atoms with E-state index in [1.165, 1.54) is 49.9 Å². The number of aromatic nitrogens is 1. The molecule has 0 fully saturated rings. The summed E-state index contributed by atoms with van der Waals surface area (Å²) in [6.07, 6.45) is 9.11. The van der Waals surface area contributed by atoms with E-state index in [4.69, 9.17) is 4.42 Å². The van der Waals surface area contributed by atoms with E-state index in [-0.39, 0.29) is 11.5 Å². The molecule has 0 bridgehead atoms. The Labute approximate surface area is 266 Å². The molecule has 0 amide bonds. The third-order valence-corrected chi connectivity index (χ3v) is 10.2. The van der Waals surface area contributed by atoms with Crippen LogP contribution in [0.25, 0.3) is 60.6 Å². The van der Waals surface area contributed by atoms with Gasteiger partial charge < -0.3 is 13.9 Å². The van der Waals surface area contributed by atoms with Gasteiger partial charge in [0.1, 0.15) is 11.2 Å². The van der Waals surface area contributed by atoms with Gasteiger partial charge >= 0.3 is 0 Å². The lowest BCUT2D eigenvalue weighted by molar-refractivity contribution is 0.551. The molecule has 0 saturated heterocycles. The van der Waals surface area contributed by atoms with Crippen LogP contribution < -0.4 is 4.90 Å². The van der Waals surface area contributed by atoms with Crippen LogP contribution >= 0.6 is 0 Å². The highest BCUT2D eigenvalue weighted by atomic mass is 16.3. The molecule has 8 aromatic rings. The fourth-order valence-electron chi connectivity index (χ4n) is 8.01. The van der Waals surface area contributed by atoms with Crippen molar-refractivity contribution in [2.75, 3.05) is 4.90 Å². The molecule has 1 aliphatic carbocycles. The number of benzene rings is 6. The molecule has 0 spiro atoms. The zero-order valence-electron chi connectivity index (χ0n) is 25.4. The number of hydrogen-bond acceptors (Lipinski definition) is 2. The zero-order chi connectivity index (χ0) is 30.4. The van der Waals surface area contributed by atoms with Crippen molar-refractivity contribution in [3.63, 3.8) is 0 Å². The maximum Gasteiger partial charge on any atom is 0.135 e. The normalized spacial score (nSPS) is 18.6. The average molecular weight is 591 g/mol. The first-order chi connectivity index (χ1) is 22.7. The van der Waals surface area contributed by atoms with Crippen LogP contribution in [0.5, 0.6) is 0 Å². The Morgan fingerprint density at radius 1 is 0.565 bits per heavy atom. The summed E-state index contributed by atoms with van der Waals surface area (Å²) in [5.74, 6) is 0. The van der Waals surface area contributed by atoms with Crippen molar-refractivity contribution in [2.24, 2.45) is 0 Å². The fraction of sp³-hybridized carbons (Fsp3) is 0.0698. The van der Waals surface area contributed by atoms with Gasteiger partial charge in [0.2, 0.25) is 0 Å². The Morgan fingerprint density at radius 2 is 1.30 bits per heavy atom. The summed E-state index contributed by atoms with van der Waals surface area (Å²) in [7, 11) is 0. The molecular formula is C43H30N2O. The molecule has 10 rings (SSSR count). The average Bonchev–Trinajstić information content (AvgIpc) is 3.73. The van der Waals surface area contributed by atoms with E-state index in [0.29, 0.717) is 0 Å². The predicted molar refractivity (Wildman–Crippen MR) is 191 cm³/mol. The molecular weight excluding hydrogens is 560 g/mol. The lowest BCUT2D eigenvalue weighted by Gasteiger charge is -2.34. The molecule has 2 aliphatic rings.